The molecule has 0 saturated carbocycles. The van der Waals surface area contributed by atoms with Gasteiger partial charge in [-0.1, -0.05) is 23.4 Å². The van der Waals surface area contributed by atoms with Gasteiger partial charge in [-0.3, -0.25) is 0 Å². The molecule has 2 aromatic carbocycles. The summed E-state index contributed by atoms with van der Waals surface area (Å²) in [6.07, 6.45) is 2.26. The lowest BCUT2D eigenvalue weighted by molar-refractivity contribution is 0.369. The second-order valence-corrected chi connectivity index (χ2v) is 6.38. The fraction of sp³-hybridized carbons (Fsp3) is 0.300. The van der Waals surface area contributed by atoms with Crippen molar-refractivity contribution in [1.82, 2.24) is 10.1 Å². The minimum Gasteiger partial charge on any atom is -0.497 e. The molecule has 4 rings (SSSR count). The van der Waals surface area contributed by atoms with Crippen molar-refractivity contribution in [2.75, 3.05) is 12.0 Å². The average Bonchev–Trinajstić information content (AvgIpc) is 3.13. The molecule has 0 aliphatic carbocycles. The molecular weight excluding hydrogens is 314 g/mol. The first-order valence-electron chi connectivity index (χ1n) is 8.56. The van der Waals surface area contributed by atoms with Crippen LogP contribution in [0.3, 0.4) is 0 Å². The van der Waals surface area contributed by atoms with Crippen LogP contribution in [0.25, 0.3) is 11.4 Å². The van der Waals surface area contributed by atoms with Crippen LogP contribution in [-0.4, -0.2) is 23.3 Å². The van der Waals surface area contributed by atoms with Crippen LogP contribution in [0.5, 0.6) is 5.75 Å². The Bertz CT molecular complexity index is 857. The smallest absolute Gasteiger partial charge is 0.246 e. The van der Waals surface area contributed by atoms with Crippen LogP contribution < -0.4 is 9.64 Å². The largest absolute Gasteiger partial charge is 0.497 e. The van der Waals surface area contributed by atoms with E-state index in [1.807, 2.05) is 24.3 Å². The zero-order valence-electron chi connectivity index (χ0n) is 14.5. The fourth-order valence-electron chi connectivity index (χ4n) is 3.32. The maximum absolute atomic E-state index is 5.51. The van der Waals surface area contributed by atoms with Gasteiger partial charge in [-0.2, -0.15) is 4.98 Å². The van der Waals surface area contributed by atoms with Gasteiger partial charge in [0, 0.05) is 17.3 Å². The van der Waals surface area contributed by atoms with Crippen molar-refractivity contribution in [2.24, 2.45) is 0 Å². The van der Waals surface area contributed by atoms with E-state index >= 15 is 0 Å². The lowest BCUT2D eigenvalue weighted by atomic mass is 9.97. The third-order valence-electron chi connectivity index (χ3n) is 4.79. The van der Waals surface area contributed by atoms with E-state index in [9.17, 15) is 0 Å². The quantitative estimate of drug-likeness (QED) is 0.719. The highest BCUT2D eigenvalue weighted by Gasteiger charge is 2.24. The second-order valence-electron chi connectivity index (χ2n) is 6.38. The van der Waals surface area contributed by atoms with Gasteiger partial charge < -0.3 is 14.2 Å². The summed E-state index contributed by atoms with van der Waals surface area (Å²) in [7, 11) is 1.65. The Labute approximate surface area is 147 Å². The third kappa shape index (κ3) is 3.09. The summed E-state index contributed by atoms with van der Waals surface area (Å²) in [5.74, 6) is 2.05. The molecule has 0 spiro atoms. The number of anilines is 1. The summed E-state index contributed by atoms with van der Waals surface area (Å²) in [6.45, 7) is 2.87. The summed E-state index contributed by atoms with van der Waals surface area (Å²) in [4.78, 5) is 6.93. The summed E-state index contributed by atoms with van der Waals surface area (Å²) >= 11 is 0. The molecule has 1 unspecified atom stereocenters. The molecule has 1 aliphatic rings. The van der Waals surface area contributed by atoms with E-state index in [-0.39, 0.29) is 0 Å². The van der Waals surface area contributed by atoms with Crippen molar-refractivity contribution in [2.45, 2.75) is 32.4 Å². The molecule has 0 amide bonds. The molecule has 5 heteroatoms. The molecule has 1 aliphatic heterocycles. The number of rotatable bonds is 4. The van der Waals surface area contributed by atoms with E-state index in [2.05, 4.69) is 46.2 Å². The number of methoxy groups -OCH3 is 1. The van der Waals surface area contributed by atoms with Crippen molar-refractivity contribution in [3.63, 3.8) is 0 Å². The van der Waals surface area contributed by atoms with Gasteiger partial charge >= 0.3 is 0 Å². The van der Waals surface area contributed by atoms with Crippen molar-refractivity contribution in [3.8, 4) is 17.1 Å². The minimum atomic E-state index is 0.450. The first-order valence-corrected chi connectivity index (χ1v) is 8.56. The summed E-state index contributed by atoms with van der Waals surface area (Å²) in [6, 6.07) is 16.7. The van der Waals surface area contributed by atoms with Gasteiger partial charge in [0.15, 0.2) is 0 Å². The molecule has 1 aromatic heterocycles. The lowest BCUT2D eigenvalue weighted by Gasteiger charge is -2.36. The van der Waals surface area contributed by atoms with E-state index in [0.717, 1.165) is 24.2 Å². The number of ether oxygens (including phenoxy) is 1. The number of aromatic nitrogens is 2. The van der Waals surface area contributed by atoms with Gasteiger partial charge in [0.25, 0.3) is 0 Å². The Hall–Kier alpha value is -2.82. The molecule has 3 aromatic rings. The highest BCUT2D eigenvalue weighted by atomic mass is 16.5. The minimum absolute atomic E-state index is 0.450. The summed E-state index contributed by atoms with van der Waals surface area (Å²) < 4.78 is 10.7. The maximum Gasteiger partial charge on any atom is 0.246 e. The Morgan fingerprint density at radius 1 is 1.16 bits per heavy atom. The van der Waals surface area contributed by atoms with Gasteiger partial charge in [-0.05, 0) is 55.7 Å². The molecule has 0 fully saturated rings. The highest BCUT2D eigenvalue weighted by molar-refractivity contribution is 5.57. The maximum atomic E-state index is 5.51. The van der Waals surface area contributed by atoms with Crippen LogP contribution in [0, 0.1) is 0 Å². The third-order valence-corrected chi connectivity index (χ3v) is 4.79. The van der Waals surface area contributed by atoms with Crippen LogP contribution in [0.1, 0.15) is 24.8 Å². The molecule has 0 bridgehead atoms. The van der Waals surface area contributed by atoms with Crippen molar-refractivity contribution in [1.29, 1.82) is 0 Å². The summed E-state index contributed by atoms with van der Waals surface area (Å²) in [5, 5.41) is 4.13. The molecule has 25 heavy (non-hydrogen) atoms. The molecule has 0 N–H and O–H groups in total. The first kappa shape index (κ1) is 15.7. The summed E-state index contributed by atoms with van der Waals surface area (Å²) in [5.41, 5.74) is 3.57. The predicted octanol–water partition coefficient (Wildman–Crippen LogP) is 4.09. The number of nitrogens with zero attached hydrogens (tertiary/aromatic N) is 3. The Morgan fingerprint density at radius 3 is 2.76 bits per heavy atom. The van der Waals surface area contributed by atoms with Crippen LogP contribution in [-0.2, 0) is 13.0 Å². The van der Waals surface area contributed by atoms with Crippen molar-refractivity contribution >= 4 is 5.69 Å². The number of aryl methyl sites for hydroxylation is 1. The van der Waals surface area contributed by atoms with Crippen LogP contribution >= 0.6 is 0 Å². The zero-order valence-corrected chi connectivity index (χ0v) is 14.5. The van der Waals surface area contributed by atoms with E-state index in [4.69, 9.17) is 9.26 Å². The van der Waals surface area contributed by atoms with Crippen LogP contribution in [0.2, 0.25) is 0 Å². The van der Waals surface area contributed by atoms with Crippen LogP contribution in [0.15, 0.2) is 53.1 Å². The van der Waals surface area contributed by atoms with Gasteiger partial charge in [0.1, 0.15) is 5.75 Å². The van der Waals surface area contributed by atoms with E-state index in [0.29, 0.717) is 24.3 Å². The average molecular weight is 335 g/mol. The number of hydrogen-bond donors (Lipinski definition) is 0. The van der Waals surface area contributed by atoms with Gasteiger partial charge in [0.2, 0.25) is 11.7 Å². The van der Waals surface area contributed by atoms with E-state index < -0.39 is 0 Å². The van der Waals surface area contributed by atoms with Crippen molar-refractivity contribution < 1.29 is 9.26 Å². The highest BCUT2D eigenvalue weighted by Crippen LogP contribution is 2.31. The fourth-order valence-corrected chi connectivity index (χ4v) is 3.32. The number of fused-ring (bicyclic) bond motifs is 1. The molecule has 1 atom stereocenters. The standard InChI is InChI=1S/C20H21N3O2/c1-14-7-8-15-5-3-4-6-18(15)23(14)13-19-21-20(22-25-19)16-9-11-17(24-2)12-10-16/h3-6,9-12,14H,7-8,13H2,1-2H3. The molecule has 5 nitrogen and oxygen atoms in total. The predicted molar refractivity (Wildman–Crippen MR) is 96.7 cm³/mol. The second kappa shape index (κ2) is 6.59. The SMILES string of the molecule is COc1ccc(-c2noc(CN3c4ccccc4CCC3C)n2)cc1. The topological polar surface area (TPSA) is 51.4 Å². The zero-order chi connectivity index (χ0) is 17.2. The first-order chi connectivity index (χ1) is 12.2. The monoisotopic (exact) mass is 335 g/mol. The lowest BCUT2D eigenvalue weighted by Crippen LogP contribution is -2.36. The normalized spacial score (nSPS) is 16.6. The van der Waals surface area contributed by atoms with Crippen molar-refractivity contribution in [3.05, 3.63) is 60.0 Å². The molecule has 2 heterocycles. The number of para-hydroxylation sites is 1. The van der Waals surface area contributed by atoms with Gasteiger partial charge in [0.05, 0.1) is 13.7 Å². The van der Waals surface area contributed by atoms with E-state index in [1.54, 1.807) is 7.11 Å². The molecule has 128 valence electrons. The van der Waals surface area contributed by atoms with Gasteiger partial charge in [-0.25, -0.2) is 0 Å². The van der Waals surface area contributed by atoms with Crippen LogP contribution in [0.4, 0.5) is 5.69 Å². The van der Waals surface area contributed by atoms with Gasteiger partial charge in [-0.15, -0.1) is 0 Å². The molecule has 0 saturated heterocycles. The number of benzene rings is 2. The Morgan fingerprint density at radius 2 is 1.96 bits per heavy atom. The Balaban J connectivity index is 1.56. The Kier molecular flexibility index (Phi) is 4.14. The molecular formula is C20H21N3O2. The molecule has 0 radical (unpaired) electrons. The van der Waals surface area contributed by atoms with E-state index in [1.165, 1.54) is 11.3 Å². The number of hydrogen-bond acceptors (Lipinski definition) is 5.